The third kappa shape index (κ3) is 9.41. The lowest BCUT2D eigenvalue weighted by Crippen LogP contribution is -2.29. The van der Waals surface area contributed by atoms with Gasteiger partial charge < -0.3 is 9.47 Å². The lowest BCUT2D eigenvalue weighted by Gasteiger charge is -2.24. The molecule has 0 aliphatic rings. The van der Waals surface area contributed by atoms with E-state index in [1.54, 1.807) is 33.1 Å². The first kappa shape index (κ1) is 17.8. The molecule has 5 nitrogen and oxygen atoms in total. The van der Waals surface area contributed by atoms with Crippen LogP contribution in [0.4, 0.5) is 0 Å². The van der Waals surface area contributed by atoms with Gasteiger partial charge in [-0.25, -0.2) is 14.6 Å². The number of hydrogen-bond donors (Lipinski definition) is 0. The molecule has 0 aromatic heterocycles. The molecule has 0 aliphatic carbocycles. The molecule has 0 spiro atoms. The molecular formula is C14H24O5. The summed E-state index contributed by atoms with van der Waals surface area (Å²) in [5.74, 6) is -1.18. The number of rotatable bonds is 9. The summed E-state index contributed by atoms with van der Waals surface area (Å²) in [5, 5.41) is 0. The average molecular weight is 272 g/mol. The van der Waals surface area contributed by atoms with Crippen LogP contribution in [-0.2, 0) is 24.0 Å². The zero-order valence-electron chi connectivity index (χ0n) is 12.3. The van der Waals surface area contributed by atoms with E-state index in [-0.39, 0.29) is 6.10 Å². The fourth-order valence-electron chi connectivity index (χ4n) is 1.06. The fraction of sp³-hybridized carbons (Fsp3) is 0.643. The molecule has 0 heterocycles. The number of methoxy groups -OCH3 is 2. The molecule has 1 atom stereocenters. The first-order chi connectivity index (χ1) is 8.95. The van der Waals surface area contributed by atoms with Crippen LogP contribution in [0.25, 0.3) is 0 Å². The maximum Gasteiger partial charge on any atom is 0.330 e. The maximum absolute atomic E-state index is 10.9. The molecule has 0 fully saturated rings. The Morgan fingerprint density at radius 3 is 2.47 bits per heavy atom. The number of carbonyl (C=O) groups excluding carboxylic acids is 1. The highest BCUT2D eigenvalue weighted by Crippen LogP contribution is 2.14. The smallest absolute Gasteiger partial charge is 0.330 e. The third-order valence-corrected chi connectivity index (χ3v) is 2.31. The first-order valence-corrected chi connectivity index (χ1v) is 6.27. The van der Waals surface area contributed by atoms with Crippen LogP contribution in [-0.4, -0.2) is 32.1 Å². The highest BCUT2D eigenvalue weighted by molar-refractivity contribution is 5.82. The number of esters is 1. The van der Waals surface area contributed by atoms with Gasteiger partial charge in [-0.3, -0.25) is 0 Å². The zero-order chi connectivity index (χ0) is 14.7. The molecule has 0 radical (unpaired) electrons. The van der Waals surface area contributed by atoms with Gasteiger partial charge in [-0.15, -0.1) is 0 Å². The van der Waals surface area contributed by atoms with Crippen molar-refractivity contribution in [2.75, 3.05) is 14.2 Å². The minimum atomic E-state index is -0.790. The van der Waals surface area contributed by atoms with Crippen molar-refractivity contribution in [3.8, 4) is 0 Å². The van der Waals surface area contributed by atoms with Crippen LogP contribution in [0.15, 0.2) is 24.3 Å². The number of ether oxygens (including phenoxy) is 2. The van der Waals surface area contributed by atoms with Crippen LogP contribution in [0.3, 0.4) is 0 Å². The van der Waals surface area contributed by atoms with Crippen LogP contribution >= 0.6 is 0 Å². The lowest BCUT2D eigenvalue weighted by molar-refractivity contribution is -0.425. The molecule has 1 unspecified atom stereocenters. The molecule has 0 saturated heterocycles. The van der Waals surface area contributed by atoms with E-state index in [0.29, 0.717) is 0 Å². The monoisotopic (exact) mass is 272 g/mol. The van der Waals surface area contributed by atoms with Gasteiger partial charge in [-0.2, -0.15) is 0 Å². The van der Waals surface area contributed by atoms with Gasteiger partial charge >= 0.3 is 5.97 Å². The highest BCUT2D eigenvalue weighted by Gasteiger charge is 2.20. The van der Waals surface area contributed by atoms with Crippen molar-refractivity contribution in [1.29, 1.82) is 0 Å². The molecule has 110 valence electrons. The number of allylic oxidation sites excluding steroid dienone is 2. The second-order valence-corrected chi connectivity index (χ2v) is 4.38. The van der Waals surface area contributed by atoms with Crippen molar-refractivity contribution < 1.29 is 24.0 Å². The van der Waals surface area contributed by atoms with Gasteiger partial charge in [0.25, 0.3) is 0 Å². The van der Waals surface area contributed by atoms with E-state index in [0.717, 1.165) is 12.8 Å². The minimum Gasteiger partial charge on any atom is -0.466 e. The van der Waals surface area contributed by atoms with Gasteiger partial charge in [-0.1, -0.05) is 31.6 Å². The second-order valence-electron chi connectivity index (χ2n) is 4.38. The summed E-state index contributed by atoms with van der Waals surface area (Å²) in [5.41, 5.74) is 0. The zero-order valence-corrected chi connectivity index (χ0v) is 12.3. The van der Waals surface area contributed by atoms with Crippen LogP contribution in [0.1, 0.15) is 33.6 Å². The van der Waals surface area contributed by atoms with Gasteiger partial charge in [0.05, 0.1) is 7.11 Å². The minimum absolute atomic E-state index is 0.193. The van der Waals surface area contributed by atoms with Gasteiger partial charge in [0.1, 0.15) is 6.10 Å². The second kappa shape index (κ2) is 9.72. The number of carbonyl (C=O) groups is 1. The van der Waals surface area contributed by atoms with Crippen molar-refractivity contribution in [2.45, 2.75) is 45.5 Å². The Kier molecular flexibility index (Phi) is 9.12. The molecule has 0 rings (SSSR count). The summed E-state index contributed by atoms with van der Waals surface area (Å²) in [6.45, 7) is 5.57. The van der Waals surface area contributed by atoms with E-state index in [1.807, 2.05) is 6.08 Å². The lowest BCUT2D eigenvalue weighted by atomic mass is 10.2. The molecule has 5 heteroatoms. The van der Waals surface area contributed by atoms with Crippen molar-refractivity contribution in [3.05, 3.63) is 24.3 Å². The van der Waals surface area contributed by atoms with Crippen LogP contribution in [0, 0.1) is 0 Å². The van der Waals surface area contributed by atoms with E-state index in [2.05, 4.69) is 11.7 Å². The number of hydrogen-bond acceptors (Lipinski definition) is 5. The van der Waals surface area contributed by atoms with Crippen LogP contribution in [0.5, 0.6) is 0 Å². The summed E-state index contributed by atoms with van der Waals surface area (Å²) >= 11 is 0. The summed E-state index contributed by atoms with van der Waals surface area (Å²) in [6, 6.07) is 0. The van der Waals surface area contributed by atoms with E-state index >= 15 is 0 Å². The van der Waals surface area contributed by atoms with Crippen molar-refractivity contribution in [2.24, 2.45) is 0 Å². The van der Waals surface area contributed by atoms with Crippen LogP contribution < -0.4 is 0 Å². The Bertz CT molecular complexity index is 307. The predicted octanol–water partition coefficient (Wildman–Crippen LogP) is 2.77. The molecule has 0 aliphatic heterocycles. The standard InChI is InChI=1S/C14H24O5/c1-6-9-12(18-19-14(2,3)17-5)10-7-8-11-13(15)16-4/h7-8,10-12H,6,9H2,1-5H3/b10-7+,11-8+. The molecule has 0 aromatic rings. The summed E-state index contributed by atoms with van der Waals surface area (Å²) in [7, 11) is 2.88. The highest BCUT2D eigenvalue weighted by atomic mass is 17.2. The van der Waals surface area contributed by atoms with E-state index in [4.69, 9.17) is 14.5 Å². The molecule has 19 heavy (non-hydrogen) atoms. The summed E-state index contributed by atoms with van der Waals surface area (Å²) in [6.07, 6.45) is 8.03. The van der Waals surface area contributed by atoms with Crippen molar-refractivity contribution in [3.63, 3.8) is 0 Å². The van der Waals surface area contributed by atoms with Gasteiger partial charge in [0, 0.05) is 13.2 Å². The fourth-order valence-corrected chi connectivity index (χ4v) is 1.06. The molecule has 0 saturated carbocycles. The normalized spacial score (nSPS) is 14.2. The molecular weight excluding hydrogens is 248 g/mol. The largest absolute Gasteiger partial charge is 0.466 e. The van der Waals surface area contributed by atoms with Gasteiger partial charge in [0.15, 0.2) is 5.79 Å². The SMILES string of the molecule is CCCC(/C=C/C=C/C(=O)OC)OOC(C)(C)OC. The Balaban J connectivity index is 4.29. The maximum atomic E-state index is 10.9. The predicted molar refractivity (Wildman–Crippen MR) is 72.3 cm³/mol. The first-order valence-electron chi connectivity index (χ1n) is 6.27. The third-order valence-electron chi connectivity index (χ3n) is 2.31. The Morgan fingerprint density at radius 1 is 1.26 bits per heavy atom. The van der Waals surface area contributed by atoms with E-state index in [1.165, 1.54) is 13.2 Å². The summed E-state index contributed by atoms with van der Waals surface area (Å²) in [4.78, 5) is 21.4. The Morgan fingerprint density at radius 2 is 1.95 bits per heavy atom. The average Bonchev–Trinajstić information content (AvgIpc) is 2.40. The Hall–Kier alpha value is -1.17. The summed E-state index contributed by atoms with van der Waals surface area (Å²) < 4.78 is 9.57. The van der Waals surface area contributed by atoms with Crippen molar-refractivity contribution in [1.82, 2.24) is 0 Å². The topological polar surface area (TPSA) is 54.0 Å². The van der Waals surface area contributed by atoms with Gasteiger partial charge in [-0.05, 0) is 20.3 Å². The Labute approximate surface area is 115 Å². The molecule has 0 bridgehead atoms. The van der Waals surface area contributed by atoms with E-state index < -0.39 is 11.8 Å². The molecule has 0 N–H and O–H groups in total. The van der Waals surface area contributed by atoms with Crippen LogP contribution in [0.2, 0.25) is 0 Å². The van der Waals surface area contributed by atoms with E-state index in [9.17, 15) is 4.79 Å². The quantitative estimate of drug-likeness (QED) is 0.161. The van der Waals surface area contributed by atoms with Gasteiger partial charge in [0.2, 0.25) is 0 Å². The van der Waals surface area contributed by atoms with Crippen molar-refractivity contribution >= 4 is 5.97 Å². The molecule has 0 amide bonds. The molecule has 0 aromatic carbocycles.